The molecule has 0 aromatic heterocycles. The summed E-state index contributed by atoms with van der Waals surface area (Å²) >= 11 is 0. The van der Waals surface area contributed by atoms with Gasteiger partial charge >= 0.3 is 12.0 Å². The van der Waals surface area contributed by atoms with Gasteiger partial charge in [0.1, 0.15) is 6.04 Å². The maximum Gasteiger partial charge on any atom is 0.326 e. The number of rotatable bonds is 3. The van der Waals surface area contributed by atoms with Crippen LogP contribution in [-0.4, -0.2) is 40.6 Å². The van der Waals surface area contributed by atoms with Crippen LogP contribution in [0.1, 0.15) is 59.8 Å². The Labute approximate surface area is 121 Å². The first-order valence-corrected chi connectivity index (χ1v) is 7.57. The Bertz CT molecular complexity index is 350. The van der Waals surface area contributed by atoms with Crippen molar-refractivity contribution in [2.75, 3.05) is 6.54 Å². The number of aliphatic carboxylic acids is 1. The van der Waals surface area contributed by atoms with Crippen molar-refractivity contribution < 1.29 is 14.7 Å². The van der Waals surface area contributed by atoms with Crippen LogP contribution in [0.15, 0.2) is 0 Å². The molecule has 5 nitrogen and oxygen atoms in total. The predicted molar refractivity (Wildman–Crippen MR) is 78.7 cm³/mol. The third-order valence-corrected chi connectivity index (χ3v) is 3.99. The third kappa shape index (κ3) is 4.39. The van der Waals surface area contributed by atoms with Crippen LogP contribution in [0, 0.1) is 5.41 Å². The molecule has 1 aliphatic rings. The molecule has 0 aromatic carbocycles. The Morgan fingerprint density at radius 2 is 1.95 bits per heavy atom. The lowest BCUT2D eigenvalue weighted by Crippen LogP contribution is -2.55. The van der Waals surface area contributed by atoms with E-state index in [0.29, 0.717) is 0 Å². The van der Waals surface area contributed by atoms with Gasteiger partial charge < -0.3 is 15.3 Å². The fourth-order valence-electron chi connectivity index (χ4n) is 2.72. The van der Waals surface area contributed by atoms with E-state index in [1.807, 2.05) is 25.7 Å². The Balaban J connectivity index is 2.78. The summed E-state index contributed by atoms with van der Waals surface area (Å²) in [5.74, 6) is -0.978. The molecule has 0 radical (unpaired) electrons. The molecule has 0 spiro atoms. The molecule has 2 atom stereocenters. The topological polar surface area (TPSA) is 69.6 Å². The third-order valence-electron chi connectivity index (χ3n) is 3.99. The lowest BCUT2D eigenvalue weighted by molar-refractivity contribution is -0.142. The zero-order chi connectivity index (χ0) is 15.3. The zero-order valence-corrected chi connectivity index (χ0v) is 13.1. The molecule has 0 aliphatic carbocycles. The number of carbonyl (C=O) groups is 2. The highest BCUT2D eigenvalue weighted by Gasteiger charge is 2.35. The Morgan fingerprint density at radius 1 is 1.30 bits per heavy atom. The van der Waals surface area contributed by atoms with Crippen LogP contribution in [0.3, 0.4) is 0 Å². The lowest BCUT2D eigenvalue weighted by Gasteiger charge is -2.34. The van der Waals surface area contributed by atoms with Gasteiger partial charge in [-0.05, 0) is 24.7 Å². The van der Waals surface area contributed by atoms with Gasteiger partial charge in [0.2, 0.25) is 0 Å². The molecule has 1 fully saturated rings. The Kier molecular flexibility index (Phi) is 5.84. The number of urea groups is 1. The first-order valence-electron chi connectivity index (χ1n) is 7.57. The van der Waals surface area contributed by atoms with Crippen LogP contribution in [0.2, 0.25) is 0 Å². The summed E-state index contributed by atoms with van der Waals surface area (Å²) < 4.78 is 0. The molecule has 2 amide bonds. The van der Waals surface area contributed by atoms with E-state index in [4.69, 9.17) is 0 Å². The van der Waals surface area contributed by atoms with Crippen LogP contribution >= 0.6 is 0 Å². The van der Waals surface area contributed by atoms with Gasteiger partial charge in [-0.25, -0.2) is 9.59 Å². The molecule has 0 aromatic rings. The number of hydrogen-bond acceptors (Lipinski definition) is 2. The molecule has 5 heteroatoms. The van der Waals surface area contributed by atoms with Crippen molar-refractivity contribution in [1.29, 1.82) is 0 Å². The van der Waals surface area contributed by atoms with Crippen molar-refractivity contribution in [3.05, 3.63) is 0 Å². The molecule has 2 N–H and O–H groups in total. The predicted octanol–water partition coefficient (Wildman–Crippen LogP) is 2.85. The lowest BCUT2D eigenvalue weighted by atomic mass is 9.87. The van der Waals surface area contributed by atoms with Gasteiger partial charge in [0.25, 0.3) is 0 Å². The minimum Gasteiger partial charge on any atom is -0.480 e. The SMILES string of the molecule is CCC1CCCCCN1C(=O)N[C@@H](C(=O)O)C(C)(C)C. The first kappa shape index (κ1) is 16.8. The van der Waals surface area contributed by atoms with Crippen LogP contribution in [0.5, 0.6) is 0 Å². The summed E-state index contributed by atoms with van der Waals surface area (Å²) in [4.78, 5) is 25.6. The molecule has 1 unspecified atom stereocenters. The van der Waals surface area contributed by atoms with Gasteiger partial charge in [-0.2, -0.15) is 0 Å². The number of hydrogen-bond donors (Lipinski definition) is 2. The highest BCUT2D eigenvalue weighted by molar-refractivity contribution is 5.83. The zero-order valence-electron chi connectivity index (χ0n) is 13.1. The maximum absolute atomic E-state index is 12.4. The van der Waals surface area contributed by atoms with E-state index in [9.17, 15) is 14.7 Å². The standard InChI is InChI=1S/C15H28N2O3/c1-5-11-9-7-6-8-10-17(11)14(20)16-12(13(18)19)15(2,3)4/h11-12H,5-10H2,1-4H3,(H,16,20)(H,18,19)/t11?,12-/m0/s1. The summed E-state index contributed by atoms with van der Waals surface area (Å²) in [6.45, 7) is 8.28. The second kappa shape index (κ2) is 6.95. The number of carboxylic acid groups (broad SMARTS) is 1. The number of likely N-dealkylation sites (tertiary alicyclic amines) is 1. The van der Waals surface area contributed by atoms with Gasteiger partial charge in [0, 0.05) is 12.6 Å². The van der Waals surface area contributed by atoms with E-state index >= 15 is 0 Å². The Morgan fingerprint density at radius 3 is 2.45 bits per heavy atom. The van der Waals surface area contributed by atoms with Crippen molar-refractivity contribution in [2.24, 2.45) is 5.41 Å². The molecule has 1 rings (SSSR count). The minimum atomic E-state index is -0.978. The molecule has 1 saturated heterocycles. The molecule has 0 bridgehead atoms. The molecule has 116 valence electrons. The summed E-state index contributed by atoms with van der Waals surface area (Å²) in [5.41, 5.74) is -0.505. The van der Waals surface area contributed by atoms with Crippen LogP contribution in [0.25, 0.3) is 0 Å². The fraction of sp³-hybridized carbons (Fsp3) is 0.867. The number of carbonyl (C=O) groups excluding carboxylic acids is 1. The highest BCUT2D eigenvalue weighted by atomic mass is 16.4. The van der Waals surface area contributed by atoms with Gasteiger partial charge in [-0.3, -0.25) is 0 Å². The minimum absolute atomic E-state index is 0.229. The second-order valence-electron chi connectivity index (χ2n) is 6.69. The summed E-state index contributed by atoms with van der Waals surface area (Å²) in [5, 5.41) is 12.0. The van der Waals surface area contributed by atoms with Crippen molar-refractivity contribution >= 4 is 12.0 Å². The fourth-order valence-corrected chi connectivity index (χ4v) is 2.72. The van der Waals surface area contributed by atoms with Gasteiger partial charge in [-0.15, -0.1) is 0 Å². The average molecular weight is 284 g/mol. The van der Waals surface area contributed by atoms with Crippen molar-refractivity contribution in [1.82, 2.24) is 10.2 Å². The van der Waals surface area contributed by atoms with E-state index in [0.717, 1.165) is 38.6 Å². The molecule has 0 saturated carbocycles. The largest absolute Gasteiger partial charge is 0.480 e. The molecule has 1 heterocycles. The number of carboxylic acids is 1. The Hall–Kier alpha value is -1.26. The van der Waals surface area contributed by atoms with Crippen molar-refractivity contribution in [3.63, 3.8) is 0 Å². The van der Waals surface area contributed by atoms with Gasteiger partial charge in [0.05, 0.1) is 0 Å². The monoisotopic (exact) mass is 284 g/mol. The van der Waals surface area contributed by atoms with Crippen molar-refractivity contribution in [3.8, 4) is 0 Å². The normalized spacial score (nSPS) is 22.0. The summed E-state index contributed by atoms with van der Waals surface area (Å²) in [6.07, 6.45) is 5.21. The van der Waals surface area contributed by atoms with E-state index in [1.165, 1.54) is 0 Å². The van der Waals surface area contributed by atoms with Crippen molar-refractivity contribution in [2.45, 2.75) is 71.9 Å². The molecular formula is C15H28N2O3. The number of nitrogens with zero attached hydrogens (tertiary/aromatic N) is 1. The van der Waals surface area contributed by atoms with Crippen LogP contribution < -0.4 is 5.32 Å². The molecular weight excluding hydrogens is 256 g/mol. The van der Waals surface area contributed by atoms with E-state index in [2.05, 4.69) is 12.2 Å². The summed E-state index contributed by atoms with van der Waals surface area (Å²) in [7, 11) is 0. The van der Waals surface area contributed by atoms with Gasteiger partial charge in [0.15, 0.2) is 0 Å². The molecule has 1 aliphatic heterocycles. The number of amides is 2. The smallest absolute Gasteiger partial charge is 0.326 e. The quantitative estimate of drug-likeness (QED) is 0.837. The van der Waals surface area contributed by atoms with E-state index < -0.39 is 17.4 Å². The first-order chi connectivity index (χ1) is 9.27. The van der Waals surface area contributed by atoms with Gasteiger partial charge in [-0.1, -0.05) is 40.5 Å². The highest BCUT2D eigenvalue weighted by Crippen LogP contribution is 2.22. The summed E-state index contributed by atoms with van der Waals surface area (Å²) in [6, 6.07) is -0.872. The molecule has 20 heavy (non-hydrogen) atoms. The van der Waals surface area contributed by atoms with E-state index in [1.54, 1.807) is 0 Å². The van der Waals surface area contributed by atoms with Crippen LogP contribution in [-0.2, 0) is 4.79 Å². The second-order valence-corrected chi connectivity index (χ2v) is 6.69. The maximum atomic E-state index is 12.4. The van der Waals surface area contributed by atoms with Crippen LogP contribution in [0.4, 0.5) is 4.79 Å². The average Bonchev–Trinajstić information content (AvgIpc) is 2.58. The number of nitrogens with one attached hydrogen (secondary N) is 1. The van der Waals surface area contributed by atoms with E-state index in [-0.39, 0.29) is 12.1 Å².